The second-order valence-electron chi connectivity index (χ2n) is 12.5. The zero-order valence-electron chi connectivity index (χ0n) is 25.1. The Balaban J connectivity index is 0.000000252. The van der Waals surface area contributed by atoms with Gasteiger partial charge in [0.15, 0.2) is 17.5 Å². The summed E-state index contributed by atoms with van der Waals surface area (Å²) in [4.78, 5) is 0. The van der Waals surface area contributed by atoms with Crippen LogP contribution in [0.15, 0.2) is 0 Å². The maximum Gasteiger partial charge on any atom is 0.195 e. The first-order valence-electron chi connectivity index (χ1n) is 15.3. The second kappa shape index (κ2) is 17.5. The molecular formula is C33H56F4. The highest BCUT2D eigenvalue weighted by Gasteiger charge is 2.25. The predicted octanol–water partition coefficient (Wildman–Crippen LogP) is 12.0. The van der Waals surface area contributed by atoms with Crippen molar-refractivity contribution in [2.45, 2.75) is 151 Å². The fourth-order valence-corrected chi connectivity index (χ4v) is 5.78. The van der Waals surface area contributed by atoms with Crippen LogP contribution < -0.4 is 0 Å². The van der Waals surface area contributed by atoms with Gasteiger partial charge in [0.25, 0.3) is 0 Å². The summed E-state index contributed by atoms with van der Waals surface area (Å²) in [6.45, 7) is 13.9. The highest BCUT2D eigenvalue weighted by Crippen LogP contribution is 2.38. The SMILES string of the molecule is CCC1CCC(C)(C)CC1.CCC1CCCC1.CCC1CCCCC1.Cc1c(F)c(C)c(F)c(F)c1F. The molecule has 3 fully saturated rings. The molecule has 0 nitrogen and oxygen atoms in total. The van der Waals surface area contributed by atoms with E-state index in [2.05, 4.69) is 34.6 Å². The van der Waals surface area contributed by atoms with Crippen molar-refractivity contribution in [2.75, 3.05) is 0 Å². The van der Waals surface area contributed by atoms with E-state index in [4.69, 9.17) is 0 Å². The van der Waals surface area contributed by atoms with Crippen LogP contribution in [0.4, 0.5) is 17.6 Å². The molecule has 3 aliphatic rings. The number of hydrogen-bond acceptors (Lipinski definition) is 0. The van der Waals surface area contributed by atoms with Crippen molar-refractivity contribution in [3.8, 4) is 0 Å². The van der Waals surface area contributed by atoms with Crippen molar-refractivity contribution in [3.05, 3.63) is 34.4 Å². The Morgan fingerprint density at radius 1 is 0.514 bits per heavy atom. The topological polar surface area (TPSA) is 0 Å². The molecule has 1 aromatic carbocycles. The summed E-state index contributed by atoms with van der Waals surface area (Å²) in [7, 11) is 0. The fraction of sp³-hybridized carbons (Fsp3) is 0.818. The van der Waals surface area contributed by atoms with E-state index >= 15 is 0 Å². The second-order valence-corrected chi connectivity index (χ2v) is 12.5. The van der Waals surface area contributed by atoms with Gasteiger partial charge >= 0.3 is 0 Å². The molecule has 0 heterocycles. The first kappa shape index (κ1) is 34.0. The zero-order valence-corrected chi connectivity index (χ0v) is 25.1. The molecule has 1 aromatic rings. The van der Waals surface area contributed by atoms with Crippen LogP contribution in [0.1, 0.15) is 148 Å². The van der Waals surface area contributed by atoms with Gasteiger partial charge in [-0.25, -0.2) is 17.6 Å². The first-order chi connectivity index (χ1) is 17.5. The molecule has 0 radical (unpaired) electrons. The highest BCUT2D eigenvalue weighted by atomic mass is 19.2. The van der Waals surface area contributed by atoms with Crippen LogP contribution in [0.3, 0.4) is 0 Å². The molecule has 0 bridgehead atoms. The molecule has 4 heteroatoms. The van der Waals surface area contributed by atoms with Crippen LogP contribution in [0.5, 0.6) is 0 Å². The van der Waals surface area contributed by atoms with Gasteiger partial charge in [-0.15, -0.1) is 0 Å². The smallest absolute Gasteiger partial charge is 0.195 e. The highest BCUT2D eigenvalue weighted by molar-refractivity contribution is 5.28. The average Bonchev–Trinajstić information content (AvgIpc) is 3.46. The predicted molar refractivity (Wildman–Crippen MR) is 151 cm³/mol. The summed E-state index contributed by atoms with van der Waals surface area (Å²) in [6, 6.07) is 0. The molecular weight excluding hydrogens is 472 g/mol. The summed E-state index contributed by atoms with van der Waals surface area (Å²) >= 11 is 0. The number of hydrogen-bond donors (Lipinski definition) is 0. The molecule has 4 rings (SSSR count). The van der Waals surface area contributed by atoms with Gasteiger partial charge in [-0.05, 0) is 62.7 Å². The lowest BCUT2D eigenvalue weighted by atomic mass is 9.72. The van der Waals surface area contributed by atoms with Crippen LogP contribution in [0.25, 0.3) is 0 Å². The van der Waals surface area contributed by atoms with Crippen LogP contribution in [-0.4, -0.2) is 0 Å². The monoisotopic (exact) mass is 528 g/mol. The van der Waals surface area contributed by atoms with E-state index in [1.165, 1.54) is 103 Å². The van der Waals surface area contributed by atoms with E-state index in [0.717, 1.165) is 31.6 Å². The molecule has 0 saturated heterocycles. The van der Waals surface area contributed by atoms with E-state index in [1.54, 1.807) is 0 Å². The molecule has 3 aliphatic carbocycles. The van der Waals surface area contributed by atoms with E-state index in [9.17, 15) is 17.6 Å². The maximum absolute atomic E-state index is 12.8. The Bertz CT molecular complexity index is 643. The molecule has 37 heavy (non-hydrogen) atoms. The first-order valence-corrected chi connectivity index (χ1v) is 15.3. The van der Waals surface area contributed by atoms with Gasteiger partial charge in [0.2, 0.25) is 0 Å². The molecule has 0 atom stereocenters. The summed E-state index contributed by atoms with van der Waals surface area (Å²) in [5, 5.41) is 0. The molecule has 0 N–H and O–H groups in total. The van der Waals surface area contributed by atoms with Crippen molar-refractivity contribution < 1.29 is 17.6 Å². The van der Waals surface area contributed by atoms with Gasteiger partial charge < -0.3 is 0 Å². The molecule has 3 saturated carbocycles. The van der Waals surface area contributed by atoms with Crippen LogP contribution >= 0.6 is 0 Å². The Morgan fingerprint density at radius 2 is 0.838 bits per heavy atom. The van der Waals surface area contributed by atoms with Crippen molar-refractivity contribution >= 4 is 0 Å². The summed E-state index contributed by atoms with van der Waals surface area (Å²) in [6.07, 6.45) is 23.6. The Hall–Kier alpha value is -1.06. The van der Waals surface area contributed by atoms with Crippen LogP contribution in [0, 0.1) is 60.3 Å². The molecule has 0 aliphatic heterocycles. The third-order valence-electron chi connectivity index (χ3n) is 9.09. The van der Waals surface area contributed by atoms with E-state index in [1.807, 2.05) is 0 Å². The molecule has 216 valence electrons. The summed E-state index contributed by atoms with van der Waals surface area (Å²) in [5.41, 5.74) is -0.330. The van der Waals surface area contributed by atoms with Gasteiger partial charge in [0.05, 0.1) is 0 Å². The zero-order chi connectivity index (χ0) is 28.0. The lowest BCUT2D eigenvalue weighted by Gasteiger charge is -2.33. The summed E-state index contributed by atoms with van der Waals surface area (Å²) < 4.78 is 50.5. The fourth-order valence-electron chi connectivity index (χ4n) is 5.78. The van der Waals surface area contributed by atoms with Gasteiger partial charge in [0, 0.05) is 11.1 Å². The number of halogens is 4. The minimum absolute atomic E-state index is 0.494. The van der Waals surface area contributed by atoms with Crippen molar-refractivity contribution in [2.24, 2.45) is 23.2 Å². The molecule has 0 unspecified atom stereocenters. The number of rotatable bonds is 3. The van der Waals surface area contributed by atoms with Crippen molar-refractivity contribution in [1.82, 2.24) is 0 Å². The third kappa shape index (κ3) is 12.1. The Labute approximate surface area is 226 Å². The molecule has 0 aromatic heterocycles. The van der Waals surface area contributed by atoms with E-state index in [-0.39, 0.29) is 0 Å². The third-order valence-corrected chi connectivity index (χ3v) is 9.09. The number of benzene rings is 1. The maximum atomic E-state index is 12.8. The van der Waals surface area contributed by atoms with E-state index in [0.29, 0.717) is 5.41 Å². The lowest BCUT2D eigenvalue weighted by molar-refractivity contribution is 0.188. The Morgan fingerprint density at radius 3 is 1.16 bits per heavy atom. The van der Waals surface area contributed by atoms with Gasteiger partial charge in [0.1, 0.15) is 5.82 Å². The van der Waals surface area contributed by atoms with Crippen LogP contribution in [0.2, 0.25) is 0 Å². The molecule has 0 amide bonds. The summed E-state index contributed by atoms with van der Waals surface area (Å²) in [5.74, 6) is -2.35. The standard InChI is InChI=1S/C10H20.C8H6F4.C8H16.C7H14/c1-4-9-5-7-10(2,3)8-6-9;1-3-5(9)4(2)7(11)8(12)6(3)10;1-2-8-6-4-3-5-7-8;1-2-7-5-3-4-6-7/h9H,4-8H2,1-3H3;1-2H3;8H,2-7H2,1H3;7H,2-6H2,1H3. The minimum atomic E-state index is -1.62. The van der Waals surface area contributed by atoms with Crippen LogP contribution in [-0.2, 0) is 0 Å². The van der Waals surface area contributed by atoms with Gasteiger partial charge in [-0.1, -0.05) is 112 Å². The quantitative estimate of drug-likeness (QED) is 0.208. The van der Waals surface area contributed by atoms with E-state index < -0.39 is 34.4 Å². The van der Waals surface area contributed by atoms with Gasteiger partial charge in [-0.3, -0.25) is 0 Å². The van der Waals surface area contributed by atoms with Crippen molar-refractivity contribution in [1.29, 1.82) is 0 Å². The minimum Gasteiger partial charge on any atom is -0.206 e. The largest absolute Gasteiger partial charge is 0.206 e. The van der Waals surface area contributed by atoms with Gasteiger partial charge in [-0.2, -0.15) is 0 Å². The normalized spacial score (nSPS) is 20.2. The lowest BCUT2D eigenvalue weighted by Crippen LogP contribution is -2.20. The van der Waals surface area contributed by atoms with Crippen molar-refractivity contribution in [3.63, 3.8) is 0 Å². The Kier molecular flexibility index (Phi) is 16.1. The average molecular weight is 529 g/mol. The molecule has 0 spiro atoms.